The van der Waals surface area contributed by atoms with Crippen molar-refractivity contribution < 1.29 is 0 Å². The highest BCUT2D eigenvalue weighted by atomic mass is 35.5. The van der Waals surface area contributed by atoms with Crippen molar-refractivity contribution >= 4 is 23.2 Å². The SMILES string of the molecule is CC1=CCC(C)(Cl)C=C1Cl. The number of rotatable bonds is 0. The standard InChI is InChI=1S/C8H10Cl2/c1-6-3-4-8(2,10)5-7(6)9/h3,5H,4H2,1-2H3. The van der Waals surface area contributed by atoms with Crippen LogP contribution in [0.25, 0.3) is 0 Å². The van der Waals surface area contributed by atoms with Gasteiger partial charge in [0.15, 0.2) is 0 Å². The zero-order valence-corrected chi connectivity index (χ0v) is 7.63. The van der Waals surface area contributed by atoms with Crippen molar-refractivity contribution in [3.05, 3.63) is 22.8 Å². The molecule has 0 spiro atoms. The summed E-state index contributed by atoms with van der Waals surface area (Å²) in [7, 11) is 0. The van der Waals surface area contributed by atoms with Crippen molar-refractivity contribution in [1.29, 1.82) is 0 Å². The Balaban J connectivity index is 2.87. The summed E-state index contributed by atoms with van der Waals surface area (Å²) in [5.41, 5.74) is 1.12. The van der Waals surface area contributed by atoms with E-state index in [0.717, 1.165) is 17.0 Å². The van der Waals surface area contributed by atoms with Gasteiger partial charge in [-0.15, -0.1) is 11.6 Å². The summed E-state index contributed by atoms with van der Waals surface area (Å²) in [5.74, 6) is 0. The van der Waals surface area contributed by atoms with Crippen LogP contribution in [-0.2, 0) is 0 Å². The van der Waals surface area contributed by atoms with E-state index in [4.69, 9.17) is 23.2 Å². The molecule has 10 heavy (non-hydrogen) atoms. The normalized spacial score (nSPS) is 33.2. The molecule has 0 fully saturated rings. The van der Waals surface area contributed by atoms with Crippen LogP contribution in [0.15, 0.2) is 22.8 Å². The molecule has 1 aliphatic carbocycles. The van der Waals surface area contributed by atoms with E-state index in [1.54, 1.807) is 0 Å². The molecule has 0 radical (unpaired) electrons. The lowest BCUT2D eigenvalue weighted by Gasteiger charge is -2.20. The van der Waals surface area contributed by atoms with E-state index in [0.29, 0.717) is 0 Å². The van der Waals surface area contributed by atoms with Gasteiger partial charge in [0.2, 0.25) is 0 Å². The Labute approximate surface area is 71.5 Å². The molecular formula is C8H10Cl2. The van der Waals surface area contributed by atoms with E-state index in [1.165, 1.54) is 0 Å². The molecule has 1 atom stereocenters. The van der Waals surface area contributed by atoms with Gasteiger partial charge < -0.3 is 0 Å². The Morgan fingerprint density at radius 2 is 2.20 bits per heavy atom. The number of hydrogen-bond donors (Lipinski definition) is 0. The predicted octanol–water partition coefficient (Wildman–Crippen LogP) is 3.46. The second-order valence-corrected chi connectivity index (χ2v) is 4.13. The van der Waals surface area contributed by atoms with E-state index >= 15 is 0 Å². The molecule has 0 N–H and O–H groups in total. The molecule has 0 amide bonds. The smallest absolute Gasteiger partial charge is 0.0649 e. The van der Waals surface area contributed by atoms with Crippen LogP contribution in [0.3, 0.4) is 0 Å². The van der Waals surface area contributed by atoms with Gasteiger partial charge in [-0.1, -0.05) is 17.7 Å². The molecule has 0 aromatic heterocycles. The zero-order valence-electron chi connectivity index (χ0n) is 6.12. The van der Waals surface area contributed by atoms with Gasteiger partial charge in [0.1, 0.15) is 0 Å². The number of hydrogen-bond acceptors (Lipinski definition) is 0. The fourth-order valence-corrected chi connectivity index (χ4v) is 1.45. The summed E-state index contributed by atoms with van der Waals surface area (Å²) in [6.45, 7) is 3.95. The third kappa shape index (κ3) is 1.77. The van der Waals surface area contributed by atoms with Crippen LogP contribution in [0.1, 0.15) is 20.3 Å². The maximum atomic E-state index is 6.03. The molecule has 0 heterocycles. The fraction of sp³-hybridized carbons (Fsp3) is 0.500. The van der Waals surface area contributed by atoms with Crippen LogP contribution in [-0.4, -0.2) is 4.87 Å². The molecule has 1 rings (SSSR count). The maximum Gasteiger partial charge on any atom is 0.0649 e. The van der Waals surface area contributed by atoms with Crippen molar-refractivity contribution in [3.8, 4) is 0 Å². The molecule has 0 nitrogen and oxygen atoms in total. The van der Waals surface area contributed by atoms with Gasteiger partial charge >= 0.3 is 0 Å². The van der Waals surface area contributed by atoms with Crippen molar-refractivity contribution in [2.45, 2.75) is 25.1 Å². The van der Waals surface area contributed by atoms with E-state index in [-0.39, 0.29) is 4.87 Å². The second-order valence-electron chi connectivity index (χ2n) is 2.86. The van der Waals surface area contributed by atoms with E-state index in [9.17, 15) is 0 Å². The largest absolute Gasteiger partial charge is 0.115 e. The average molecular weight is 177 g/mol. The van der Waals surface area contributed by atoms with Gasteiger partial charge in [0.25, 0.3) is 0 Å². The van der Waals surface area contributed by atoms with Crippen molar-refractivity contribution in [2.24, 2.45) is 0 Å². The Hall–Kier alpha value is 0.0600. The maximum absolute atomic E-state index is 6.03. The monoisotopic (exact) mass is 176 g/mol. The first-order chi connectivity index (χ1) is 4.51. The first kappa shape index (κ1) is 8.16. The quantitative estimate of drug-likeness (QED) is 0.497. The molecule has 0 saturated heterocycles. The molecule has 0 bridgehead atoms. The summed E-state index contributed by atoms with van der Waals surface area (Å²) in [6, 6.07) is 0. The molecule has 56 valence electrons. The minimum Gasteiger partial charge on any atom is -0.115 e. The lowest BCUT2D eigenvalue weighted by molar-refractivity contribution is 0.773. The summed E-state index contributed by atoms with van der Waals surface area (Å²) in [5, 5.41) is 0.781. The van der Waals surface area contributed by atoms with Crippen LogP contribution in [0.5, 0.6) is 0 Å². The first-order valence-electron chi connectivity index (χ1n) is 3.26. The van der Waals surface area contributed by atoms with E-state index in [1.807, 2.05) is 19.9 Å². The fourth-order valence-electron chi connectivity index (χ4n) is 0.887. The van der Waals surface area contributed by atoms with Crippen molar-refractivity contribution in [3.63, 3.8) is 0 Å². The minimum absolute atomic E-state index is 0.267. The van der Waals surface area contributed by atoms with Gasteiger partial charge in [0, 0.05) is 5.03 Å². The van der Waals surface area contributed by atoms with Crippen LogP contribution >= 0.6 is 23.2 Å². The van der Waals surface area contributed by atoms with Crippen LogP contribution in [0.4, 0.5) is 0 Å². The van der Waals surface area contributed by atoms with Gasteiger partial charge in [-0.05, 0) is 31.9 Å². The van der Waals surface area contributed by atoms with Crippen LogP contribution in [0.2, 0.25) is 0 Å². The van der Waals surface area contributed by atoms with Gasteiger partial charge in [-0.25, -0.2) is 0 Å². The first-order valence-corrected chi connectivity index (χ1v) is 4.01. The van der Waals surface area contributed by atoms with E-state index in [2.05, 4.69) is 6.08 Å². The number of allylic oxidation sites excluding steroid dienone is 4. The predicted molar refractivity (Wildman–Crippen MR) is 46.6 cm³/mol. The van der Waals surface area contributed by atoms with Crippen LogP contribution in [0, 0.1) is 0 Å². The van der Waals surface area contributed by atoms with Crippen molar-refractivity contribution in [2.75, 3.05) is 0 Å². The Kier molecular flexibility index (Phi) is 2.12. The second kappa shape index (κ2) is 2.60. The average Bonchev–Trinajstić information content (AvgIpc) is 1.79. The van der Waals surface area contributed by atoms with Crippen LogP contribution < -0.4 is 0 Å². The van der Waals surface area contributed by atoms with Gasteiger partial charge in [-0.2, -0.15) is 0 Å². The Bertz CT molecular complexity index is 199. The minimum atomic E-state index is -0.267. The Morgan fingerprint density at radius 1 is 1.60 bits per heavy atom. The zero-order chi connectivity index (χ0) is 7.78. The summed E-state index contributed by atoms with van der Waals surface area (Å²) >= 11 is 11.9. The highest BCUT2D eigenvalue weighted by Gasteiger charge is 2.20. The lowest BCUT2D eigenvalue weighted by atomic mass is 9.98. The summed E-state index contributed by atoms with van der Waals surface area (Å²) in [4.78, 5) is -0.267. The number of alkyl halides is 1. The van der Waals surface area contributed by atoms with E-state index < -0.39 is 0 Å². The third-order valence-electron chi connectivity index (χ3n) is 1.61. The molecule has 1 unspecified atom stereocenters. The molecule has 2 heteroatoms. The molecule has 1 aliphatic rings. The highest BCUT2D eigenvalue weighted by molar-refractivity contribution is 6.33. The number of halogens is 2. The molecule has 0 aromatic carbocycles. The van der Waals surface area contributed by atoms with Crippen molar-refractivity contribution in [1.82, 2.24) is 0 Å². The highest BCUT2D eigenvalue weighted by Crippen LogP contribution is 2.32. The topological polar surface area (TPSA) is 0 Å². The molecular weight excluding hydrogens is 167 g/mol. The third-order valence-corrected chi connectivity index (χ3v) is 2.28. The summed E-state index contributed by atoms with van der Waals surface area (Å²) in [6.07, 6.45) is 4.83. The van der Waals surface area contributed by atoms with Gasteiger partial charge in [-0.3, -0.25) is 0 Å². The van der Waals surface area contributed by atoms with Gasteiger partial charge in [0.05, 0.1) is 4.87 Å². The lowest BCUT2D eigenvalue weighted by Crippen LogP contribution is -2.14. The summed E-state index contributed by atoms with van der Waals surface area (Å²) < 4.78 is 0. The Morgan fingerprint density at radius 3 is 2.60 bits per heavy atom. The molecule has 0 aliphatic heterocycles. The molecule has 0 saturated carbocycles. The molecule has 0 aromatic rings.